The minimum Gasteiger partial charge on any atom is -0.444 e. The van der Waals surface area contributed by atoms with E-state index in [4.69, 9.17) is 4.74 Å². The number of amides is 1. The molecule has 0 spiro atoms. The summed E-state index contributed by atoms with van der Waals surface area (Å²) in [7, 11) is 0. The van der Waals surface area contributed by atoms with Crippen molar-refractivity contribution in [2.75, 3.05) is 13.1 Å². The molecule has 0 aromatic carbocycles. The molecule has 0 rings (SSSR count). The zero-order valence-corrected chi connectivity index (χ0v) is 16.0. The van der Waals surface area contributed by atoms with Gasteiger partial charge in [-0.05, 0) is 51.9 Å². The zero-order chi connectivity index (χ0) is 17.3. The van der Waals surface area contributed by atoms with E-state index in [1.165, 1.54) is 12.8 Å². The number of ether oxygens (including phenoxy) is 1. The number of carbonyl (C=O) groups excluding carboxylic acids is 1. The average molecular weight is 315 g/mol. The Kier molecular flexibility index (Phi) is 9.74. The van der Waals surface area contributed by atoms with E-state index in [0.29, 0.717) is 24.4 Å². The monoisotopic (exact) mass is 314 g/mol. The number of hydrogen-bond acceptors (Lipinski definition) is 3. The van der Waals surface area contributed by atoms with Crippen molar-refractivity contribution in [3.8, 4) is 0 Å². The smallest absolute Gasteiger partial charge is 0.407 e. The van der Waals surface area contributed by atoms with E-state index >= 15 is 0 Å². The minimum atomic E-state index is -0.444. The number of carbonyl (C=O) groups is 1. The Hall–Kier alpha value is -0.770. The maximum absolute atomic E-state index is 11.8. The van der Waals surface area contributed by atoms with Crippen LogP contribution in [-0.2, 0) is 4.74 Å². The van der Waals surface area contributed by atoms with Crippen molar-refractivity contribution in [2.45, 2.75) is 79.9 Å². The summed E-state index contributed by atoms with van der Waals surface area (Å²) in [5.74, 6) is 1.67. The van der Waals surface area contributed by atoms with Gasteiger partial charge in [0.05, 0.1) is 0 Å². The van der Waals surface area contributed by atoms with Crippen LogP contribution in [0.15, 0.2) is 0 Å². The predicted octanol–water partition coefficient (Wildman–Crippen LogP) is 4.20. The van der Waals surface area contributed by atoms with Crippen LogP contribution in [0.2, 0.25) is 0 Å². The van der Waals surface area contributed by atoms with Crippen LogP contribution in [0.4, 0.5) is 4.79 Å². The Morgan fingerprint density at radius 2 is 1.68 bits per heavy atom. The van der Waals surface area contributed by atoms with Crippen molar-refractivity contribution in [3.63, 3.8) is 0 Å². The molecule has 1 amide bonds. The Bertz CT molecular complexity index is 311. The molecule has 0 radical (unpaired) electrons. The molecular weight excluding hydrogens is 276 g/mol. The third kappa shape index (κ3) is 10.9. The second-order valence-electron chi connectivity index (χ2n) is 7.95. The van der Waals surface area contributed by atoms with Crippen molar-refractivity contribution >= 4 is 6.09 Å². The Morgan fingerprint density at radius 1 is 1.09 bits per heavy atom. The second-order valence-corrected chi connectivity index (χ2v) is 7.95. The SMILES string of the molecule is CCC(C)CC(C)NCC(CNC(=O)OC(C)(C)C)C(C)C. The van der Waals surface area contributed by atoms with E-state index in [9.17, 15) is 4.79 Å². The molecular formula is C18H38N2O2. The van der Waals surface area contributed by atoms with Gasteiger partial charge in [-0.15, -0.1) is 0 Å². The molecule has 0 aromatic rings. The van der Waals surface area contributed by atoms with Crippen LogP contribution in [0.5, 0.6) is 0 Å². The average Bonchev–Trinajstić information content (AvgIpc) is 2.35. The number of alkyl carbamates (subject to hydrolysis) is 1. The molecule has 0 aliphatic carbocycles. The minimum absolute atomic E-state index is 0.328. The molecule has 4 heteroatoms. The third-order valence-electron chi connectivity index (χ3n) is 4.03. The van der Waals surface area contributed by atoms with E-state index in [1.807, 2.05) is 20.8 Å². The van der Waals surface area contributed by atoms with Crippen LogP contribution in [0.3, 0.4) is 0 Å². The molecule has 0 aliphatic rings. The molecule has 0 saturated heterocycles. The van der Waals surface area contributed by atoms with Gasteiger partial charge in [0, 0.05) is 19.1 Å². The summed E-state index contributed by atoms with van der Waals surface area (Å²) < 4.78 is 5.29. The first kappa shape index (κ1) is 21.2. The van der Waals surface area contributed by atoms with E-state index < -0.39 is 5.60 Å². The van der Waals surface area contributed by atoms with Gasteiger partial charge in [0.2, 0.25) is 0 Å². The van der Waals surface area contributed by atoms with Gasteiger partial charge in [0.15, 0.2) is 0 Å². The number of rotatable bonds is 9. The molecule has 4 nitrogen and oxygen atoms in total. The summed E-state index contributed by atoms with van der Waals surface area (Å²) in [5.41, 5.74) is -0.444. The topological polar surface area (TPSA) is 50.4 Å². The first-order valence-corrected chi connectivity index (χ1v) is 8.75. The lowest BCUT2D eigenvalue weighted by Crippen LogP contribution is -2.41. The molecule has 22 heavy (non-hydrogen) atoms. The molecule has 0 saturated carbocycles. The van der Waals surface area contributed by atoms with Crippen molar-refractivity contribution < 1.29 is 9.53 Å². The van der Waals surface area contributed by atoms with Gasteiger partial charge in [-0.1, -0.05) is 34.1 Å². The van der Waals surface area contributed by atoms with Crippen LogP contribution in [0, 0.1) is 17.8 Å². The van der Waals surface area contributed by atoms with Crippen molar-refractivity contribution in [2.24, 2.45) is 17.8 Å². The van der Waals surface area contributed by atoms with Gasteiger partial charge in [-0.3, -0.25) is 0 Å². The maximum atomic E-state index is 11.8. The Balaban J connectivity index is 4.19. The van der Waals surface area contributed by atoms with Crippen LogP contribution in [0.25, 0.3) is 0 Å². The highest BCUT2D eigenvalue weighted by Gasteiger charge is 2.19. The lowest BCUT2D eigenvalue weighted by atomic mass is 9.94. The van der Waals surface area contributed by atoms with Gasteiger partial charge in [0.1, 0.15) is 5.60 Å². The van der Waals surface area contributed by atoms with Crippen LogP contribution in [0.1, 0.15) is 68.2 Å². The van der Waals surface area contributed by atoms with Gasteiger partial charge >= 0.3 is 6.09 Å². The van der Waals surface area contributed by atoms with E-state index in [2.05, 4.69) is 45.3 Å². The van der Waals surface area contributed by atoms with E-state index in [0.717, 1.165) is 12.5 Å². The Morgan fingerprint density at radius 3 is 2.14 bits per heavy atom. The normalized spacial score (nSPS) is 16.2. The van der Waals surface area contributed by atoms with Crippen molar-refractivity contribution in [1.29, 1.82) is 0 Å². The summed E-state index contributed by atoms with van der Waals surface area (Å²) in [6.45, 7) is 18.4. The van der Waals surface area contributed by atoms with Crippen LogP contribution < -0.4 is 10.6 Å². The van der Waals surface area contributed by atoms with E-state index in [1.54, 1.807) is 0 Å². The standard InChI is InChI=1S/C18H38N2O2/c1-9-14(4)10-15(5)19-11-16(13(2)3)12-20-17(21)22-18(6,7)8/h13-16,19H,9-12H2,1-8H3,(H,20,21). The highest BCUT2D eigenvalue weighted by molar-refractivity contribution is 5.67. The second kappa shape index (κ2) is 10.1. The largest absolute Gasteiger partial charge is 0.444 e. The number of hydrogen-bond donors (Lipinski definition) is 2. The third-order valence-corrected chi connectivity index (χ3v) is 4.03. The predicted molar refractivity (Wildman–Crippen MR) is 94.1 cm³/mol. The fraction of sp³-hybridized carbons (Fsp3) is 0.944. The van der Waals surface area contributed by atoms with Crippen molar-refractivity contribution in [1.82, 2.24) is 10.6 Å². The van der Waals surface area contributed by atoms with Crippen LogP contribution >= 0.6 is 0 Å². The highest BCUT2D eigenvalue weighted by atomic mass is 16.6. The first-order chi connectivity index (χ1) is 10.0. The fourth-order valence-corrected chi connectivity index (χ4v) is 2.28. The highest BCUT2D eigenvalue weighted by Crippen LogP contribution is 2.13. The first-order valence-electron chi connectivity index (χ1n) is 8.75. The van der Waals surface area contributed by atoms with Gasteiger partial charge < -0.3 is 15.4 Å². The summed E-state index contributed by atoms with van der Waals surface area (Å²) in [6, 6.07) is 0.512. The summed E-state index contributed by atoms with van der Waals surface area (Å²) in [5, 5.41) is 6.50. The number of nitrogens with one attached hydrogen (secondary N) is 2. The molecule has 132 valence electrons. The van der Waals surface area contributed by atoms with Gasteiger partial charge in [-0.25, -0.2) is 4.79 Å². The maximum Gasteiger partial charge on any atom is 0.407 e. The lowest BCUT2D eigenvalue weighted by Gasteiger charge is -2.26. The molecule has 3 unspecified atom stereocenters. The van der Waals surface area contributed by atoms with Crippen molar-refractivity contribution in [3.05, 3.63) is 0 Å². The summed E-state index contributed by atoms with van der Waals surface area (Å²) in [6.07, 6.45) is 2.09. The summed E-state index contributed by atoms with van der Waals surface area (Å²) >= 11 is 0. The molecule has 3 atom stereocenters. The fourth-order valence-electron chi connectivity index (χ4n) is 2.28. The quantitative estimate of drug-likeness (QED) is 0.670. The lowest BCUT2D eigenvalue weighted by molar-refractivity contribution is 0.0514. The molecule has 0 aliphatic heterocycles. The van der Waals surface area contributed by atoms with Gasteiger partial charge in [0.25, 0.3) is 0 Å². The van der Waals surface area contributed by atoms with E-state index in [-0.39, 0.29) is 6.09 Å². The van der Waals surface area contributed by atoms with Gasteiger partial charge in [-0.2, -0.15) is 0 Å². The Labute approximate surface area is 137 Å². The molecule has 0 bridgehead atoms. The molecule has 0 aromatic heterocycles. The zero-order valence-electron chi connectivity index (χ0n) is 16.0. The van der Waals surface area contributed by atoms with Crippen LogP contribution in [-0.4, -0.2) is 30.8 Å². The molecule has 2 N–H and O–H groups in total. The summed E-state index contributed by atoms with van der Waals surface area (Å²) in [4.78, 5) is 11.8. The molecule has 0 fully saturated rings. The molecule has 0 heterocycles.